The van der Waals surface area contributed by atoms with Gasteiger partial charge in [0.05, 0.1) is 24.4 Å². The maximum Gasteiger partial charge on any atom is 0.171 e. The number of rotatable bonds is 6. The zero-order valence-electron chi connectivity index (χ0n) is 17.0. The average Bonchev–Trinajstić information content (AvgIpc) is 2.72. The molecule has 0 fully saturated rings. The Morgan fingerprint density at radius 2 is 1.97 bits per heavy atom. The molecule has 0 unspecified atom stereocenters. The van der Waals surface area contributed by atoms with E-state index in [1.807, 2.05) is 31.2 Å². The molecule has 0 spiro atoms. The van der Waals surface area contributed by atoms with E-state index in [0.717, 1.165) is 40.2 Å². The monoisotopic (exact) mass is 407 g/mol. The number of fused-ring (bicyclic) bond motifs is 2. The smallest absolute Gasteiger partial charge is 0.171 e. The summed E-state index contributed by atoms with van der Waals surface area (Å²) in [5.41, 5.74) is 4.40. The Labute approximate surface area is 175 Å². The minimum atomic E-state index is 0.651. The van der Waals surface area contributed by atoms with Gasteiger partial charge in [-0.2, -0.15) is 0 Å². The minimum absolute atomic E-state index is 0.651. The molecule has 4 rings (SSSR count). The molecule has 0 aliphatic carbocycles. The van der Waals surface area contributed by atoms with Crippen LogP contribution in [0.1, 0.15) is 18.1 Å². The van der Waals surface area contributed by atoms with Crippen molar-refractivity contribution in [3.8, 4) is 5.75 Å². The Morgan fingerprint density at radius 1 is 1.14 bits per heavy atom. The lowest BCUT2D eigenvalue weighted by atomic mass is 10.1. The first-order valence-corrected chi connectivity index (χ1v) is 10.6. The van der Waals surface area contributed by atoms with Crippen LogP contribution in [0.2, 0.25) is 0 Å². The highest BCUT2D eigenvalue weighted by Gasteiger charge is 2.24. The molecule has 0 bridgehead atoms. The Hall–Kier alpha value is -2.57. The molecule has 150 valence electrons. The topological polar surface area (TPSA) is 47.0 Å². The summed E-state index contributed by atoms with van der Waals surface area (Å²) in [7, 11) is 1.73. The van der Waals surface area contributed by atoms with Gasteiger partial charge in [0.25, 0.3) is 0 Å². The number of thioether (sulfide) groups is 1. The molecule has 6 heteroatoms. The molecule has 0 saturated heterocycles. The molecule has 0 amide bonds. The Kier molecular flexibility index (Phi) is 6.02. The lowest BCUT2D eigenvalue weighted by molar-refractivity contribution is 0.174. The normalized spacial score (nSPS) is 15.0. The van der Waals surface area contributed by atoms with Crippen molar-refractivity contribution in [3.05, 3.63) is 59.7 Å². The van der Waals surface area contributed by atoms with Gasteiger partial charge in [-0.25, -0.2) is 9.98 Å². The number of methoxy groups -OCH3 is 1. The van der Waals surface area contributed by atoms with E-state index in [9.17, 15) is 0 Å². The second kappa shape index (κ2) is 8.84. The van der Waals surface area contributed by atoms with E-state index < -0.39 is 0 Å². The molecule has 2 heterocycles. The van der Waals surface area contributed by atoms with E-state index in [-0.39, 0.29) is 0 Å². The number of aliphatic imine (C=N–C) groups is 1. The standard InChI is InChI=1S/C23H25N3O2S/c1-4-28-20-8-6-19(7-9-20)24-23-26(11-12-27-3)15-18-14-17-13-16(2)5-10-21(17)25-22(18)29-23/h5-10,13-14H,4,11-12,15H2,1-3H3. The Morgan fingerprint density at radius 3 is 2.72 bits per heavy atom. The summed E-state index contributed by atoms with van der Waals surface area (Å²) in [5, 5.41) is 3.15. The summed E-state index contributed by atoms with van der Waals surface area (Å²) < 4.78 is 10.9. The van der Waals surface area contributed by atoms with Crippen molar-refractivity contribution in [2.24, 2.45) is 4.99 Å². The number of amidine groups is 1. The highest BCUT2D eigenvalue weighted by Crippen LogP contribution is 2.34. The van der Waals surface area contributed by atoms with Crippen LogP contribution in [-0.2, 0) is 11.3 Å². The van der Waals surface area contributed by atoms with Gasteiger partial charge in [-0.3, -0.25) is 0 Å². The number of benzene rings is 2. The van der Waals surface area contributed by atoms with Crippen LogP contribution >= 0.6 is 11.8 Å². The van der Waals surface area contributed by atoms with E-state index in [2.05, 4.69) is 36.1 Å². The summed E-state index contributed by atoms with van der Waals surface area (Å²) in [5.74, 6) is 0.859. The molecule has 1 aliphatic rings. The first-order chi connectivity index (χ1) is 14.2. The molecule has 5 nitrogen and oxygen atoms in total. The predicted molar refractivity (Wildman–Crippen MR) is 119 cm³/mol. The molecule has 0 saturated carbocycles. The number of pyridine rings is 1. The van der Waals surface area contributed by atoms with Gasteiger partial charge in [-0.05, 0) is 68.1 Å². The Balaban J connectivity index is 1.68. The van der Waals surface area contributed by atoms with Crippen LogP contribution in [0.5, 0.6) is 5.75 Å². The second-order valence-corrected chi connectivity index (χ2v) is 7.94. The molecule has 2 aromatic carbocycles. The maximum atomic E-state index is 5.53. The van der Waals surface area contributed by atoms with Crippen molar-refractivity contribution in [2.75, 3.05) is 26.9 Å². The third-order valence-electron chi connectivity index (χ3n) is 4.77. The number of aromatic nitrogens is 1. The zero-order chi connectivity index (χ0) is 20.2. The van der Waals surface area contributed by atoms with Gasteiger partial charge in [0.1, 0.15) is 10.8 Å². The molecule has 1 aliphatic heterocycles. The summed E-state index contributed by atoms with van der Waals surface area (Å²) in [6.07, 6.45) is 0. The largest absolute Gasteiger partial charge is 0.494 e. The van der Waals surface area contributed by atoms with Crippen LogP contribution < -0.4 is 4.74 Å². The first-order valence-electron chi connectivity index (χ1n) is 9.80. The zero-order valence-corrected chi connectivity index (χ0v) is 17.8. The van der Waals surface area contributed by atoms with Gasteiger partial charge in [0.15, 0.2) is 5.17 Å². The molecular weight excluding hydrogens is 382 g/mol. The van der Waals surface area contributed by atoms with Crippen LogP contribution in [0.3, 0.4) is 0 Å². The SMILES string of the molecule is CCOc1ccc(N=C2Sc3nc4ccc(C)cc4cc3CN2CCOC)cc1. The summed E-state index contributed by atoms with van der Waals surface area (Å²) in [4.78, 5) is 12.1. The van der Waals surface area contributed by atoms with Crippen molar-refractivity contribution in [2.45, 2.75) is 25.4 Å². The fraction of sp³-hybridized carbons (Fsp3) is 0.304. The summed E-state index contributed by atoms with van der Waals surface area (Å²) >= 11 is 1.62. The van der Waals surface area contributed by atoms with E-state index in [1.165, 1.54) is 16.5 Å². The lowest BCUT2D eigenvalue weighted by Gasteiger charge is -2.30. The minimum Gasteiger partial charge on any atom is -0.494 e. The van der Waals surface area contributed by atoms with Crippen molar-refractivity contribution >= 4 is 33.5 Å². The number of ether oxygens (including phenoxy) is 2. The highest BCUT2D eigenvalue weighted by molar-refractivity contribution is 8.13. The van der Waals surface area contributed by atoms with E-state index in [4.69, 9.17) is 19.5 Å². The summed E-state index contributed by atoms with van der Waals surface area (Å²) in [6.45, 7) is 6.96. The molecular formula is C23H25N3O2S. The van der Waals surface area contributed by atoms with Crippen molar-refractivity contribution in [1.82, 2.24) is 9.88 Å². The van der Waals surface area contributed by atoms with Gasteiger partial charge >= 0.3 is 0 Å². The summed E-state index contributed by atoms with van der Waals surface area (Å²) in [6, 6.07) is 16.5. The van der Waals surface area contributed by atoms with Crippen molar-refractivity contribution in [1.29, 1.82) is 0 Å². The molecule has 0 atom stereocenters. The second-order valence-electron chi connectivity index (χ2n) is 6.99. The quantitative estimate of drug-likeness (QED) is 0.563. The molecule has 29 heavy (non-hydrogen) atoms. The van der Waals surface area contributed by atoms with Gasteiger partial charge < -0.3 is 14.4 Å². The van der Waals surface area contributed by atoms with Crippen molar-refractivity contribution < 1.29 is 9.47 Å². The fourth-order valence-electron chi connectivity index (χ4n) is 3.31. The van der Waals surface area contributed by atoms with E-state index in [1.54, 1.807) is 18.9 Å². The van der Waals surface area contributed by atoms with Gasteiger partial charge in [-0.15, -0.1) is 0 Å². The number of nitrogens with zero attached hydrogens (tertiary/aromatic N) is 3. The van der Waals surface area contributed by atoms with E-state index in [0.29, 0.717) is 13.2 Å². The van der Waals surface area contributed by atoms with Gasteiger partial charge in [-0.1, -0.05) is 11.6 Å². The number of aryl methyl sites for hydroxylation is 1. The van der Waals surface area contributed by atoms with Crippen LogP contribution in [0, 0.1) is 6.92 Å². The number of hydrogen-bond donors (Lipinski definition) is 0. The molecule has 0 N–H and O–H groups in total. The van der Waals surface area contributed by atoms with Crippen LogP contribution in [-0.4, -0.2) is 41.9 Å². The van der Waals surface area contributed by atoms with Crippen molar-refractivity contribution in [3.63, 3.8) is 0 Å². The van der Waals surface area contributed by atoms with E-state index >= 15 is 0 Å². The van der Waals surface area contributed by atoms with Crippen LogP contribution in [0.25, 0.3) is 10.9 Å². The van der Waals surface area contributed by atoms with Gasteiger partial charge in [0, 0.05) is 31.1 Å². The fourth-order valence-corrected chi connectivity index (χ4v) is 4.32. The average molecular weight is 408 g/mol. The Bertz CT molecular complexity index is 1030. The highest BCUT2D eigenvalue weighted by atomic mass is 32.2. The molecule has 3 aromatic rings. The first kappa shape index (κ1) is 19.7. The number of hydrogen-bond acceptors (Lipinski definition) is 5. The molecule has 1 aromatic heterocycles. The predicted octanol–water partition coefficient (Wildman–Crippen LogP) is 5.18. The van der Waals surface area contributed by atoms with Crippen LogP contribution in [0.15, 0.2) is 58.5 Å². The lowest BCUT2D eigenvalue weighted by Crippen LogP contribution is -2.34. The maximum absolute atomic E-state index is 5.53. The van der Waals surface area contributed by atoms with Crippen LogP contribution in [0.4, 0.5) is 5.69 Å². The third kappa shape index (κ3) is 4.54. The third-order valence-corrected chi connectivity index (χ3v) is 5.85. The van der Waals surface area contributed by atoms with Gasteiger partial charge in [0.2, 0.25) is 0 Å². The molecule has 0 radical (unpaired) electrons.